The Hall–Kier alpha value is -0.410. The molecule has 0 bridgehead atoms. The lowest BCUT2D eigenvalue weighted by molar-refractivity contribution is -0.113. The van der Waals surface area contributed by atoms with Crippen LogP contribution in [0.15, 0.2) is 0 Å². The van der Waals surface area contributed by atoms with Crippen LogP contribution in [0.5, 0.6) is 0 Å². The second-order valence-corrected chi connectivity index (χ2v) is 4.42. The summed E-state index contributed by atoms with van der Waals surface area (Å²) in [6.45, 7) is 9.60. The van der Waals surface area contributed by atoms with E-state index in [1.807, 2.05) is 6.92 Å². The van der Waals surface area contributed by atoms with Crippen molar-refractivity contribution in [2.45, 2.75) is 26.3 Å². The third kappa shape index (κ3) is 2.78. The second-order valence-electron chi connectivity index (χ2n) is 4.42. The highest BCUT2D eigenvalue weighted by Crippen LogP contribution is 2.19. The van der Waals surface area contributed by atoms with Gasteiger partial charge in [0.25, 0.3) is 0 Å². The van der Waals surface area contributed by atoms with Crippen molar-refractivity contribution in [1.29, 1.82) is 0 Å². The van der Waals surface area contributed by atoms with Gasteiger partial charge in [-0.1, -0.05) is 6.92 Å². The molecule has 1 aliphatic heterocycles. The predicted octanol–water partition coefficient (Wildman–Crippen LogP) is 0.932. The number of hydrogen-bond donors (Lipinski definition) is 0. The molecule has 0 radical (unpaired) electrons. The molecule has 0 aromatic carbocycles. The van der Waals surface area contributed by atoms with E-state index in [1.165, 1.54) is 0 Å². The van der Waals surface area contributed by atoms with Crippen LogP contribution in [0.2, 0.25) is 0 Å². The van der Waals surface area contributed by atoms with Gasteiger partial charge in [-0.2, -0.15) is 0 Å². The number of carbonyl (C=O) groups excluding carboxylic acids is 1. The summed E-state index contributed by atoms with van der Waals surface area (Å²) in [4.78, 5) is 12.9. The van der Waals surface area contributed by atoms with Gasteiger partial charge in [-0.15, -0.1) is 0 Å². The molecule has 1 rings (SSSR count). The molecule has 13 heavy (non-hydrogen) atoms. The van der Waals surface area contributed by atoms with Crippen molar-refractivity contribution < 1.29 is 9.53 Å². The Morgan fingerprint density at radius 1 is 1.62 bits per heavy atom. The number of ether oxygens (including phenoxy) is 1. The Bertz CT molecular complexity index is 180. The van der Waals surface area contributed by atoms with Crippen molar-refractivity contribution in [2.24, 2.45) is 5.92 Å². The number of nitrogens with zero attached hydrogens (tertiary/aromatic N) is 1. The molecule has 0 saturated carbocycles. The summed E-state index contributed by atoms with van der Waals surface area (Å²) in [6, 6.07) is 0. The first kappa shape index (κ1) is 10.7. The van der Waals surface area contributed by atoms with E-state index < -0.39 is 0 Å². The molecule has 0 aromatic heterocycles. The zero-order chi connectivity index (χ0) is 9.90. The van der Waals surface area contributed by atoms with E-state index >= 15 is 0 Å². The lowest BCUT2D eigenvalue weighted by Gasteiger charge is -2.42. The quantitative estimate of drug-likeness (QED) is 0.613. The van der Waals surface area contributed by atoms with Gasteiger partial charge in [0.1, 0.15) is 6.29 Å². The molecule has 1 fully saturated rings. The van der Waals surface area contributed by atoms with Gasteiger partial charge in [0, 0.05) is 24.5 Å². The van der Waals surface area contributed by atoms with E-state index in [0.717, 1.165) is 32.6 Å². The Labute approximate surface area is 80.1 Å². The fourth-order valence-corrected chi connectivity index (χ4v) is 1.62. The Kier molecular flexibility index (Phi) is 3.45. The highest BCUT2D eigenvalue weighted by molar-refractivity contribution is 5.53. The topological polar surface area (TPSA) is 29.5 Å². The maximum absolute atomic E-state index is 10.5. The minimum atomic E-state index is 0.0789. The molecule has 0 N–H and O–H groups in total. The molecule has 0 aromatic rings. The van der Waals surface area contributed by atoms with E-state index in [4.69, 9.17) is 4.74 Å². The van der Waals surface area contributed by atoms with Crippen LogP contribution in [0.25, 0.3) is 0 Å². The van der Waals surface area contributed by atoms with Gasteiger partial charge in [0.2, 0.25) is 0 Å². The molecule has 1 saturated heterocycles. The summed E-state index contributed by atoms with van der Waals surface area (Å²) >= 11 is 0. The van der Waals surface area contributed by atoms with E-state index in [1.54, 1.807) is 0 Å². The van der Waals surface area contributed by atoms with Crippen LogP contribution in [0, 0.1) is 5.92 Å². The maximum Gasteiger partial charge on any atom is 0.124 e. The highest BCUT2D eigenvalue weighted by atomic mass is 16.5. The summed E-state index contributed by atoms with van der Waals surface area (Å²) in [6.07, 6.45) is 1.02. The number of hydrogen-bond acceptors (Lipinski definition) is 3. The standard InChI is InChI=1S/C10H19NO2/c1-9(7-12)6-11-4-5-13-8-10(11,2)3/h7,9H,4-6,8H2,1-3H3. The average Bonchev–Trinajstić information content (AvgIpc) is 2.08. The molecule has 0 amide bonds. The molecule has 1 unspecified atom stereocenters. The summed E-state index contributed by atoms with van der Waals surface area (Å²) in [5.74, 6) is 0.123. The Morgan fingerprint density at radius 3 is 2.85 bits per heavy atom. The van der Waals surface area contributed by atoms with Crippen molar-refractivity contribution >= 4 is 6.29 Å². The fraction of sp³-hybridized carbons (Fsp3) is 0.900. The molecule has 1 heterocycles. The molecule has 3 nitrogen and oxygen atoms in total. The molecule has 1 aliphatic rings. The van der Waals surface area contributed by atoms with Gasteiger partial charge >= 0.3 is 0 Å². The van der Waals surface area contributed by atoms with Gasteiger partial charge in [-0.25, -0.2) is 0 Å². The summed E-state index contributed by atoms with van der Waals surface area (Å²) in [5, 5.41) is 0. The Morgan fingerprint density at radius 2 is 2.31 bits per heavy atom. The minimum Gasteiger partial charge on any atom is -0.378 e. The normalized spacial score (nSPS) is 25.5. The number of morpholine rings is 1. The smallest absolute Gasteiger partial charge is 0.124 e. The van der Waals surface area contributed by atoms with Crippen molar-refractivity contribution in [2.75, 3.05) is 26.3 Å². The van der Waals surface area contributed by atoms with Crippen molar-refractivity contribution in [1.82, 2.24) is 4.90 Å². The first-order valence-electron chi connectivity index (χ1n) is 4.84. The van der Waals surface area contributed by atoms with Gasteiger partial charge in [-0.3, -0.25) is 4.90 Å². The van der Waals surface area contributed by atoms with Crippen molar-refractivity contribution in [3.8, 4) is 0 Å². The predicted molar refractivity (Wildman–Crippen MR) is 51.7 cm³/mol. The van der Waals surface area contributed by atoms with E-state index in [-0.39, 0.29) is 11.5 Å². The van der Waals surface area contributed by atoms with Crippen molar-refractivity contribution in [3.05, 3.63) is 0 Å². The number of carbonyl (C=O) groups is 1. The van der Waals surface area contributed by atoms with Crippen LogP contribution in [0.1, 0.15) is 20.8 Å². The average molecular weight is 185 g/mol. The third-order valence-corrected chi connectivity index (χ3v) is 2.56. The first-order chi connectivity index (χ1) is 6.06. The lowest BCUT2D eigenvalue weighted by Crippen LogP contribution is -2.54. The van der Waals surface area contributed by atoms with Crippen LogP contribution in [-0.4, -0.2) is 43.0 Å². The lowest BCUT2D eigenvalue weighted by atomic mass is 10.0. The molecule has 1 atom stereocenters. The molecular formula is C10H19NO2. The first-order valence-corrected chi connectivity index (χ1v) is 4.84. The zero-order valence-corrected chi connectivity index (χ0v) is 8.75. The summed E-state index contributed by atoms with van der Waals surface area (Å²) in [7, 11) is 0. The summed E-state index contributed by atoms with van der Waals surface area (Å²) in [5.41, 5.74) is 0.0789. The van der Waals surface area contributed by atoms with Gasteiger partial charge < -0.3 is 9.53 Å². The zero-order valence-electron chi connectivity index (χ0n) is 8.75. The maximum atomic E-state index is 10.5. The second kappa shape index (κ2) is 4.20. The SMILES string of the molecule is CC(C=O)CN1CCOCC1(C)C. The molecule has 76 valence electrons. The van der Waals surface area contributed by atoms with Crippen LogP contribution < -0.4 is 0 Å². The fourth-order valence-electron chi connectivity index (χ4n) is 1.62. The molecule has 3 heteroatoms. The van der Waals surface area contributed by atoms with Crippen LogP contribution in [0.3, 0.4) is 0 Å². The van der Waals surface area contributed by atoms with Gasteiger partial charge in [0.15, 0.2) is 0 Å². The number of rotatable bonds is 3. The monoisotopic (exact) mass is 185 g/mol. The van der Waals surface area contributed by atoms with Crippen LogP contribution in [-0.2, 0) is 9.53 Å². The van der Waals surface area contributed by atoms with Gasteiger partial charge in [0.05, 0.1) is 13.2 Å². The van der Waals surface area contributed by atoms with E-state index in [9.17, 15) is 4.79 Å². The van der Waals surface area contributed by atoms with Crippen LogP contribution in [0.4, 0.5) is 0 Å². The third-order valence-electron chi connectivity index (χ3n) is 2.56. The van der Waals surface area contributed by atoms with Crippen LogP contribution >= 0.6 is 0 Å². The number of aldehydes is 1. The summed E-state index contributed by atoms with van der Waals surface area (Å²) < 4.78 is 5.40. The van der Waals surface area contributed by atoms with Gasteiger partial charge in [-0.05, 0) is 13.8 Å². The highest BCUT2D eigenvalue weighted by Gasteiger charge is 2.30. The molecular weight excluding hydrogens is 166 g/mol. The largest absolute Gasteiger partial charge is 0.378 e. The molecule has 0 spiro atoms. The van der Waals surface area contributed by atoms with E-state index in [0.29, 0.717) is 0 Å². The molecule has 0 aliphatic carbocycles. The minimum absolute atomic E-state index is 0.0789. The Balaban J connectivity index is 2.50. The van der Waals surface area contributed by atoms with E-state index in [2.05, 4.69) is 18.7 Å². The van der Waals surface area contributed by atoms with Crippen molar-refractivity contribution in [3.63, 3.8) is 0 Å².